The van der Waals surface area contributed by atoms with Crippen LogP contribution in [0.4, 0.5) is 0 Å². The SMILES string of the molecule is CCCCc1ccc(-c2cccc3c2C=C(c2ccc(-c4ccccc4)o2)[CH]3[Zr+2][CH]2C(c3ccc(-c4ccccc4)o3)=Cc3c(-c4ccc(CCCC)cc4)cccc32)cc1.[Cl-].[Cl-]. The van der Waals surface area contributed by atoms with E-state index in [1.54, 1.807) is 0 Å². The van der Waals surface area contributed by atoms with Gasteiger partial charge in [-0.15, -0.1) is 0 Å². The molecule has 0 amide bonds. The summed E-state index contributed by atoms with van der Waals surface area (Å²) in [6.07, 6.45) is 12.0. The van der Waals surface area contributed by atoms with Crippen LogP contribution in [0.3, 0.4) is 0 Å². The van der Waals surface area contributed by atoms with E-state index < -0.39 is 23.2 Å². The normalized spacial score (nSPS) is 14.8. The van der Waals surface area contributed by atoms with Crippen LogP contribution >= 0.6 is 0 Å². The number of fused-ring (bicyclic) bond motifs is 2. The number of halogens is 2. The van der Waals surface area contributed by atoms with E-state index in [-0.39, 0.29) is 32.1 Å². The molecule has 0 bridgehead atoms. The minimum Gasteiger partial charge on any atom is -1.00 e. The van der Waals surface area contributed by atoms with Crippen LogP contribution in [0.1, 0.15) is 91.7 Å². The number of hydrogen-bond donors (Lipinski definition) is 0. The Labute approximate surface area is 396 Å². The van der Waals surface area contributed by atoms with Crippen LogP contribution in [0, 0.1) is 0 Å². The van der Waals surface area contributed by atoms with Crippen molar-refractivity contribution in [1.29, 1.82) is 0 Å². The van der Waals surface area contributed by atoms with Gasteiger partial charge in [0.1, 0.15) is 0 Å². The fraction of sp³-hybridized carbons (Fsp3) is 0.172. The average Bonchev–Trinajstić information content (AvgIpc) is 4.15. The minimum atomic E-state index is -1.45. The molecule has 0 radical (unpaired) electrons. The Kier molecular flexibility index (Phi) is 14.2. The maximum absolute atomic E-state index is 6.85. The molecule has 10 rings (SSSR count). The van der Waals surface area contributed by atoms with Crippen molar-refractivity contribution in [3.05, 3.63) is 215 Å². The molecule has 0 aliphatic heterocycles. The molecule has 0 spiro atoms. The zero-order valence-corrected chi connectivity index (χ0v) is 39.8. The molecule has 63 heavy (non-hydrogen) atoms. The molecule has 0 saturated heterocycles. The topological polar surface area (TPSA) is 26.3 Å². The van der Waals surface area contributed by atoms with Gasteiger partial charge in [-0.1, -0.05) is 0 Å². The number of furan rings is 2. The number of allylic oxidation sites excluding steroid dienone is 2. The molecule has 2 aromatic heterocycles. The summed E-state index contributed by atoms with van der Waals surface area (Å²) in [5, 5.41) is 0. The fourth-order valence-electron chi connectivity index (χ4n) is 9.23. The summed E-state index contributed by atoms with van der Waals surface area (Å²) in [4.78, 5) is 0. The Morgan fingerprint density at radius 1 is 0.397 bits per heavy atom. The second-order valence-electron chi connectivity index (χ2n) is 16.5. The number of unbranched alkanes of at least 4 members (excludes halogenated alkanes) is 2. The van der Waals surface area contributed by atoms with Crippen LogP contribution in [-0.4, -0.2) is 0 Å². The number of aryl methyl sites for hydroxylation is 2. The van der Waals surface area contributed by atoms with E-state index in [1.807, 2.05) is 0 Å². The molecule has 0 saturated carbocycles. The van der Waals surface area contributed by atoms with Gasteiger partial charge in [0.2, 0.25) is 0 Å². The van der Waals surface area contributed by atoms with Crippen LogP contribution in [0.5, 0.6) is 0 Å². The number of hydrogen-bond acceptors (Lipinski definition) is 2. The molecule has 0 fully saturated rings. The van der Waals surface area contributed by atoms with E-state index in [2.05, 4.69) is 196 Å². The third-order valence-corrected chi connectivity index (χ3v) is 17.2. The number of rotatable bonds is 14. The molecule has 5 heteroatoms. The Morgan fingerprint density at radius 2 is 0.794 bits per heavy atom. The van der Waals surface area contributed by atoms with Crippen molar-refractivity contribution in [2.45, 2.75) is 59.6 Å². The van der Waals surface area contributed by atoms with Gasteiger partial charge in [0.15, 0.2) is 0 Å². The molecule has 2 heterocycles. The van der Waals surface area contributed by atoms with Crippen molar-refractivity contribution in [2.75, 3.05) is 0 Å². The van der Waals surface area contributed by atoms with Gasteiger partial charge >= 0.3 is 375 Å². The summed E-state index contributed by atoms with van der Waals surface area (Å²) in [7, 11) is 0. The fourth-order valence-corrected chi connectivity index (χ4v) is 14.2. The van der Waals surface area contributed by atoms with Crippen molar-refractivity contribution >= 4 is 23.3 Å². The van der Waals surface area contributed by atoms with Gasteiger partial charge < -0.3 is 24.8 Å². The van der Waals surface area contributed by atoms with Crippen LogP contribution < -0.4 is 24.8 Å². The summed E-state index contributed by atoms with van der Waals surface area (Å²) in [5.41, 5.74) is 18.2. The first-order chi connectivity index (χ1) is 30.1. The predicted molar refractivity (Wildman–Crippen MR) is 250 cm³/mol. The third-order valence-electron chi connectivity index (χ3n) is 12.5. The van der Waals surface area contributed by atoms with Gasteiger partial charge in [-0.05, 0) is 0 Å². The molecular weight excluding hydrogens is 891 g/mol. The van der Waals surface area contributed by atoms with Crippen LogP contribution in [-0.2, 0) is 36.1 Å². The second kappa shape index (κ2) is 20.1. The standard InChI is InChI=1S/2C29H25O.2ClH.Zr/c2*1-2-3-8-21-13-15-22(16-14-21)26-12-7-11-24-19-25(20-27(24)26)29-18-17-28(30-29)23-9-5-4-6-10-23;;;/h2*4-7,9-20H,2-3,8H2,1H3;2*1H;/q;;;;+2/p-2. The predicted octanol–water partition coefficient (Wildman–Crippen LogP) is 10.2. The smallest absolute Gasteiger partial charge is 1.00 e. The van der Waals surface area contributed by atoms with Crippen LogP contribution in [0.2, 0.25) is 0 Å². The van der Waals surface area contributed by atoms with Gasteiger partial charge in [0, 0.05) is 0 Å². The summed E-state index contributed by atoms with van der Waals surface area (Å²) in [6.45, 7) is 4.53. The Hall–Kier alpha value is -5.18. The summed E-state index contributed by atoms with van der Waals surface area (Å²) >= 11 is -1.45. The number of benzene rings is 6. The molecule has 2 aliphatic carbocycles. The monoisotopic (exact) mass is 938 g/mol. The minimum absolute atomic E-state index is 0. The summed E-state index contributed by atoms with van der Waals surface area (Å²) in [5.74, 6) is 3.74. The van der Waals surface area contributed by atoms with Gasteiger partial charge in [-0.3, -0.25) is 0 Å². The van der Waals surface area contributed by atoms with E-state index in [9.17, 15) is 0 Å². The molecule has 8 aromatic rings. The quantitative estimate of drug-likeness (QED) is 0.109. The molecule has 2 atom stereocenters. The van der Waals surface area contributed by atoms with E-state index in [0.29, 0.717) is 0 Å². The Morgan fingerprint density at radius 3 is 1.19 bits per heavy atom. The van der Waals surface area contributed by atoms with E-state index >= 15 is 0 Å². The van der Waals surface area contributed by atoms with Crippen molar-refractivity contribution in [3.63, 3.8) is 0 Å². The zero-order chi connectivity index (χ0) is 41.1. The molecule has 312 valence electrons. The largest absolute Gasteiger partial charge is 1.00 e. The first-order valence-corrected chi connectivity index (χ1v) is 24.9. The van der Waals surface area contributed by atoms with Gasteiger partial charge in [-0.25, -0.2) is 0 Å². The Bertz CT molecular complexity index is 2650. The molecule has 2 nitrogen and oxygen atoms in total. The van der Waals surface area contributed by atoms with E-state index in [1.165, 1.54) is 92.5 Å². The third kappa shape index (κ3) is 9.12. The maximum atomic E-state index is 6.85. The van der Waals surface area contributed by atoms with E-state index in [4.69, 9.17) is 8.83 Å². The van der Waals surface area contributed by atoms with E-state index in [0.717, 1.165) is 47.0 Å². The van der Waals surface area contributed by atoms with Gasteiger partial charge in [0.25, 0.3) is 0 Å². The molecule has 2 unspecified atom stereocenters. The molecule has 0 N–H and O–H groups in total. The molecule has 6 aromatic carbocycles. The van der Waals surface area contributed by atoms with Crippen LogP contribution in [0.15, 0.2) is 179 Å². The van der Waals surface area contributed by atoms with Crippen LogP contribution in [0.25, 0.3) is 68.2 Å². The molecular formula is C58H50Cl2O2Zr. The van der Waals surface area contributed by atoms with Crippen molar-refractivity contribution in [1.82, 2.24) is 0 Å². The Balaban J connectivity index is 0.00000272. The molecule has 2 aliphatic rings. The van der Waals surface area contributed by atoms with Gasteiger partial charge in [0.05, 0.1) is 0 Å². The van der Waals surface area contributed by atoms with Crippen molar-refractivity contribution in [2.24, 2.45) is 0 Å². The maximum Gasteiger partial charge on any atom is -1.00 e. The first-order valence-electron chi connectivity index (χ1n) is 22.1. The first kappa shape index (κ1) is 44.4. The summed E-state index contributed by atoms with van der Waals surface area (Å²) < 4.78 is 14.2. The van der Waals surface area contributed by atoms with Crippen molar-refractivity contribution in [3.8, 4) is 44.9 Å². The zero-order valence-electron chi connectivity index (χ0n) is 35.8. The average molecular weight is 941 g/mol. The second-order valence-corrected chi connectivity index (χ2v) is 20.2. The van der Waals surface area contributed by atoms with Crippen molar-refractivity contribution < 1.29 is 56.9 Å². The summed E-state index contributed by atoms with van der Waals surface area (Å²) in [6, 6.07) is 62.2. The van der Waals surface area contributed by atoms with Gasteiger partial charge in [-0.2, -0.15) is 0 Å².